The number of carbonyl (C=O) groups excluding carboxylic acids is 2. The standard InChI is InChI=1S/C22H22ClNO2/c1-14(2)21(25)11-15-8-9-16(19(23)10-15)12-22(26)18-13-24(3)20-7-5-4-6-17(18)20/h4-10,13-14H,11-12H2,1-3H3. The Morgan fingerprint density at radius 1 is 1.08 bits per heavy atom. The zero-order chi connectivity index (χ0) is 18.8. The van der Waals surface area contributed by atoms with Crippen molar-refractivity contribution < 1.29 is 9.59 Å². The van der Waals surface area contributed by atoms with Gasteiger partial charge in [-0.2, -0.15) is 0 Å². The van der Waals surface area contributed by atoms with Gasteiger partial charge in [-0.3, -0.25) is 9.59 Å². The van der Waals surface area contributed by atoms with Crippen LogP contribution in [0, 0.1) is 5.92 Å². The van der Waals surface area contributed by atoms with Crippen molar-refractivity contribution in [2.45, 2.75) is 26.7 Å². The third-order valence-electron chi connectivity index (χ3n) is 4.69. The van der Waals surface area contributed by atoms with E-state index in [2.05, 4.69) is 0 Å². The van der Waals surface area contributed by atoms with Gasteiger partial charge < -0.3 is 4.57 Å². The molecule has 0 spiro atoms. The molecule has 1 aromatic heterocycles. The van der Waals surface area contributed by atoms with E-state index in [0.29, 0.717) is 17.0 Å². The summed E-state index contributed by atoms with van der Waals surface area (Å²) in [6, 6.07) is 13.4. The molecule has 2 aromatic carbocycles. The van der Waals surface area contributed by atoms with Gasteiger partial charge in [-0.15, -0.1) is 0 Å². The highest BCUT2D eigenvalue weighted by Crippen LogP contribution is 2.25. The Kier molecular flexibility index (Phi) is 5.28. The molecule has 0 aliphatic rings. The van der Waals surface area contributed by atoms with Crippen LogP contribution in [0.25, 0.3) is 10.9 Å². The normalized spacial score (nSPS) is 11.3. The summed E-state index contributed by atoms with van der Waals surface area (Å²) in [4.78, 5) is 24.7. The van der Waals surface area contributed by atoms with Gasteiger partial charge in [-0.05, 0) is 23.3 Å². The molecule has 0 atom stereocenters. The number of fused-ring (bicyclic) bond motifs is 1. The van der Waals surface area contributed by atoms with Gasteiger partial charge in [0.2, 0.25) is 0 Å². The van der Waals surface area contributed by atoms with E-state index in [1.807, 2.05) is 68.1 Å². The van der Waals surface area contributed by atoms with E-state index >= 15 is 0 Å². The molecule has 0 fully saturated rings. The number of rotatable bonds is 6. The van der Waals surface area contributed by atoms with Crippen LogP contribution in [0.3, 0.4) is 0 Å². The third kappa shape index (κ3) is 3.73. The molecular weight excluding hydrogens is 346 g/mol. The molecule has 3 aromatic rings. The van der Waals surface area contributed by atoms with E-state index < -0.39 is 0 Å². The van der Waals surface area contributed by atoms with Gasteiger partial charge in [0.1, 0.15) is 5.78 Å². The molecule has 26 heavy (non-hydrogen) atoms. The summed E-state index contributed by atoms with van der Waals surface area (Å²) in [6.07, 6.45) is 2.48. The van der Waals surface area contributed by atoms with Gasteiger partial charge >= 0.3 is 0 Å². The van der Waals surface area contributed by atoms with E-state index in [1.54, 1.807) is 6.07 Å². The number of aryl methyl sites for hydroxylation is 1. The molecule has 1 heterocycles. The van der Waals surface area contributed by atoms with E-state index in [4.69, 9.17) is 11.6 Å². The zero-order valence-electron chi connectivity index (χ0n) is 15.3. The first-order valence-corrected chi connectivity index (χ1v) is 9.12. The lowest BCUT2D eigenvalue weighted by atomic mass is 9.98. The maximum atomic E-state index is 12.8. The van der Waals surface area contributed by atoms with Crippen molar-refractivity contribution in [3.05, 3.63) is 70.4 Å². The maximum Gasteiger partial charge on any atom is 0.169 e. The summed E-state index contributed by atoms with van der Waals surface area (Å²) in [5, 5.41) is 1.49. The number of halogens is 1. The molecular formula is C22H22ClNO2. The van der Waals surface area contributed by atoms with Gasteiger partial charge in [-0.1, -0.05) is 55.8 Å². The minimum atomic E-state index is 0.00129. The van der Waals surface area contributed by atoms with Crippen molar-refractivity contribution in [1.29, 1.82) is 0 Å². The van der Waals surface area contributed by atoms with Crippen LogP contribution in [0.5, 0.6) is 0 Å². The number of nitrogens with zero attached hydrogens (tertiary/aromatic N) is 1. The fourth-order valence-corrected chi connectivity index (χ4v) is 3.35. The van der Waals surface area contributed by atoms with Crippen molar-refractivity contribution in [3.8, 4) is 0 Å². The fourth-order valence-electron chi connectivity index (χ4n) is 3.08. The van der Waals surface area contributed by atoms with Crippen LogP contribution in [0.4, 0.5) is 0 Å². The van der Waals surface area contributed by atoms with Crippen LogP contribution in [0.15, 0.2) is 48.7 Å². The van der Waals surface area contributed by atoms with Crippen LogP contribution in [0.2, 0.25) is 5.02 Å². The minimum absolute atomic E-state index is 0.00129. The SMILES string of the molecule is CC(C)C(=O)Cc1ccc(CC(=O)c2cn(C)c3ccccc23)c(Cl)c1. The number of ketones is 2. The predicted molar refractivity (Wildman–Crippen MR) is 106 cm³/mol. The largest absolute Gasteiger partial charge is 0.350 e. The highest BCUT2D eigenvalue weighted by atomic mass is 35.5. The first-order valence-electron chi connectivity index (χ1n) is 8.74. The van der Waals surface area contributed by atoms with Crippen LogP contribution in [-0.2, 0) is 24.7 Å². The fraction of sp³-hybridized carbons (Fsp3) is 0.273. The van der Waals surface area contributed by atoms with E-state index in [-0.39, 0.29) is 23.9 Å². The molecule has 3 nitrogen and oxygen atoms in total. The molecule has 0 aliphatic heterocycles. The summed E-state index contributed by atoms with van der Waals surface area (Å²) < 4.78 is 1.96. The highest BCUT2D eigenvalue weighted by Gasteiger charge is 2.16. The molecule has 134 valence electrons. The van der Waals surface area contributed by atoms with Crippen molar-refractivity contribution >= 4 is 34.1 Å². The second-order valence-electron chi connectivity index (χ2n) is 6.99. The Labute approximate surface area is 158 Å². The van der Waals surface area contributed by atoms with E-state index in [1.165, 1.54) is 0 Å². The molecule has 0 saturated heterocycles. The molecule has 0 saturated carbocycles. The average Bonchev–Trinajstić information content (AvgIpc) is 2.94. The molecule has 0 unspecified atom stereocenters. The Balaban J connectivity index is 1.82. The molecule has 0 bridgehead atoms. The van der Waals surface area contributed by atoms with Crippen molar-refractivity contribution in [1.82, 2.24) is 4.57 Å². The smallest absolute Gasteiger partial charge is 0.169 e. The molecule has 0 N–H and O–H groups in total. The molecule has 0 radical (unpaired) electrons. The number of carbonyl (C=O) groups is 2. The van der Waals surface area contributed by atoms with Gasteiger partial charge in [0, 0.05) is 53.5 Å². The lowest BCUT2D eigenvalue weighted by molar-refractivity contribution is -0.121. The number of para-hydroxylation sites is 1. The second kappa shape index (κ2) is 7.46. The summed E-state index contributed by atoms with van der Waals surface area (Å²) in [7, 11) is 1.94. The Morgan fingerprint density at radius 3 is 2.50 bits per heavy atom. The average molecular weight is 368 g/mol. The molecule has 0 amide bonds. The molecule has 0 aliphatic carbocycles. The zero-order valence-corrected chi connectivity index (χ0v) is 16.0. The lowest BCUT2D eigenvalue weighted by Gasteiger charge is -2.08. The first kappa shape index (κ1) is 18.4. The van der Waals surface area contributed by atoms with Crippen molar-refractivity contribution in [2.75, 3.05) is 0 Å². The van der Waals surface area contributed by atoms with Crippen LogP contribution < -0.4 is 0 Å². The number of hydrogen-bond donors (Lipinski definition) is 0. The highest BCUT2D eigenvalue weighted by molar-refractivity contribution is 6.31. The summed E-state index contributed by atoms with van der Waals surface area (Å²) in [6.45, 7) is 3.78. The van der Waals surface area contributed by atoms with Crippen molar-refractivity contribution in [2.24, 2.45) is 13.0 Å². The first-order chi connectivity index (χ1) is 12.4. The topological polar surface area (TPSA) is 39.1 Å². The molecule has 3 rings (SSSR count). The molecule has 4 heteroatoms. The van der Waals surface area contributed by atoms with Crippen LogP contribution in [0.1, 0.15) is 35.3 Å². The van der Waals surface area contributed by atoms with Gasteiger partial charge in [-0.25, -0.2) is 0 Å². The minimum Gasteiger partial charge on any atom is -0.350 e. The van der Waals surface area contributed by atoms with Crippen LogP contribution >= 0.6 is 11.6 Å². The van der Waals surface area contributed by atoms with E-state index in [9.17, 15) is 9.59 Å². The maximum absolute atomic E-state index is 12.8. The number of benzene rings is 2. The Hall–Kier alpha value is -2.39. The van der Waals surface area contributed by atoms with Gasteiger partial charge in [0.25, 0.3) is 0 Å². The van der Waals surface area contributed by atoms with Gasteiger partial charge in [0.15, 0.2) is 5.78 Å². The Bertz CT molecular complexity index is 985. The summed E-state index contributed by atoms with van der Waals surface area (Å²) in [5.41, 5.74) is 3.41. The number of hydrogen-bond acceptors (Lipinski definition) is 2. The van der Waals surface area contributed by atoms with Gasteiger partial charge in [0.05, 0.1) is 0 Å². The van der Waals surface area contributed by atoms with Crippen LogP contribution in [-0.4, -0.2) is 16.1 Å². The second-order valence-corrected chi connectivity index (χ2v) is 7.40. The lowest BCUT2D eigenvalue weighted by Crippen LogP contribution is -2.10. The van der Waals surface area contributed by atoms with Crippen molar-refractivity contribution in [3.63, 3.8) is 0 Å². The monoisotopic (exact) mass is 367 g/mol. The van der Waals surface area contributed by atoms with E-state index in [0.717, 1.165) is 22.0 Å². The number of aromatic nitrogens is 1. The summed E-state index contributed by atoms with van der Waals surface area (Å²) >= 11 is 6.38. The summed E-state index contributed by atoms with van der Waals surface area (Å²) in [5.74, 6) is 0.219. The Morgan fingerprint density at radius 2 is 1.81 bits per heavy atom. The predicted octanol–water partition coefficient (Wildman–Crippen LogP) is 5.02. The quantitative estimate of drug-likeness (QED) is 0.573. The number of Topliss-reactive ketones (excluding diaryl/α,β-unsaturated/α-hetero) is 2. The third-order valence-corrected chi connectivity index (χ3v) is 5.04.